The molecule has 3 aromatic carbocycles. The van der Waals surface area contributed by atoms with Gasteiger partial charge in [0.15, 0.2) is 0 Å². The summed E-state index contributed by atoms with van der Waals surface area (Å²) in [7, 11) is 0. The zero-order valence-corrected chi connectivity index (χ0v) is 15.6. The Hall–Kier alpha value is -3.66. The number of carbonyl (C=O) groups is 1. The van der Waals surface area contributed by atoms with Crippen molar-refractivity contribution in [3.8, 4) is 5.75 Å². The smallest absolute Gasteiger partial charge is 0.256 e. The molecule has 0 atom stereocenters. The Morgan fingerprint density at radius 2 is 1.82 bits per heavy atom. The van der Waals surface area contributed by atoms with Gasteiger partial charge in [-0.05, 0) is 48.4 Å². The van der Waals surface area contributed by atoms with Gasteiger partial charge in [0.2, 0.25) is 0 Å². The molecule has 0 unspecified atom stereocenters. The summed E-state index contributed by atoms with van der Waals surface area (Å²) in [5.41, 5.74) is 4.16. The number of aromatic nitrogens is 1. The van der Waals surface area contributed by atoms with Gasteiger partial charge in [-0.15, -0.1) is 0 Å². The van der Waals surface area contributed by atoms with Gasteiger partial charge in [0, 0.05) is 17.1 Å². The van der Waals surface area contributed by atoms with Gasteiger partial charge in [-0.3, -0.25) is 9.78 Å². The van der Waals surface area contributed by atoms with Gasteiger partial charge < -0.3 is 10.1 Å². The zero-order chi connectivity index (χ0) is 19.3. The van der Waals surface area contributed by atoms with Crippen molar-refractivity contribution in [2.75, 3.05) is 5.32 Å². The van der Waals surface area contributed by atoms with Crippen molar-refractivity contribution in [2.45, 2.75) is 13.5 Å². The Bertz CT molecular complexity index is 1120. The lowest BCUT2D eigenvalue weighted by Crippen LogP contribution is -2.13. The summed E-state index contributed by atoms with van der Waals surface area (Å²) in [4.78, 5) is 17.3. The Balaban J connectivity index is 1.59. The molecular formula is C24H20N2O2. The first-order chi connectivity index (χ1) is 13.7. The SMILES string of the molecule is Cc1ccc(NC(=O)c2cccc3ncccc23)c(OCc2ccccc2)c1. The average molecular weight is 368 g/mol. The second kappa shape index (κ2) is 7.92. The van der Waals surface area contributed by atoms with Crippen molar-refractivity contribution in [3.05, 3.63) is 102 Å². The third kappa shape index (κ3) is 3.86. The molecule has 0 spiro atoms. The monoisotopic (exact) mass is 368 g/mol. The molecule has 4 nitrogen and oxygen atoms in total. The van der Waals surface area contributed by atoms with Crippen LogP contribution in [0.1, 0.15) is 21.5 Å². The van der Waals surface area contributed by atoms with E-state index in [1.54, 1.807) is 12.3 Å². The van der Waals surface area contributed by atoms with E-state index in [1.165, 1.54) is 0 Å². The molecule has 0 aliphatic heterocycles. The highest BCUT2D eigenvalue weighted by molar-refractivity contribution is 6.12. The number of ether oxygens (including phenoxy) is 1. The molecule has 1 N–H and O–H groups in total. The van der Waals surface area contributed by atoms with E-state index in [9.17, 15) is 4.79 Å². The summed E-state index contributed by atoms with van der Waals surface area (Å²) in [5.74, 6) is 0.461. The molecular weight excluding hydrogens is 348 g/mol. The van der Waals surface area contributed by atoms with Crippen LogP contribution >= 0.6 is 0 Å². The molecule has 1 amide bonds. The van der Waals surface area contributed by atoms with Gasteiger partial charge >= 0.3 is 0 Å². The normalized spacial score (nSPS) is 10.6. The molecule has 0 saturated heterocycles. The van der Waals surface area contributed by atoms with Crippen LogP contribution in [0.25, 0.3) is 10.9 Å². The van der Waals surface area contributed by atoms with Crippen LogP contribution in [0.15, 0.2) is 85.1 Å². The first-order valence-corrected chi connectivity index (χ1v) is 9.13. The first kappa shape index (κ1) is 17.7. The fourth-order valence-electron chi connectivity index (χ4n) is 3.08. The lowest BCUT2D eigenvalue weighted by Gasteiger charge is -2.14. The van der Waals surface area contributed by atoms with Gasteiger partial charge in [0.25, 0.3) is 5.91 Å². The number of amides is 1. The molecule has 1 heterocycles. The largest absolute Gasteiger partial charge is 0.487 e. The van der Waals surface area contributed by atoms with E-state index in [1.807, 2.05) is 79.7 Å². The Morgan fingerprint density at radius 1 is 0.964 bits per heavy atom. The number of nitrogens with zero attached hydrogens (tertiary/aromatic N) is 1. The summed E-state index contributed by atoms with van der Waals surface area (Å²) < 4.78 is 6.00. The van der Waals surface area contributed by atoms with Crippen molar-refractivity contribution in [1.82, 2.24) is 4.98 Å². The molecule has 4 heteroatoms. The minimum atomic E-state index is -0.188. The van der Waals surface area contributed by atoms with Crippen molar-refractivity contribution in [2.24, 2.45) is 0 Å². The Kier molecular flexibility index (Phi) is 5.02. The molecule has 0 aliphatic rings. The number of nitrogens with one attached hydrogen (secondary N) is 1. The summed E-state index contributed by atoms with van der Waals surface area (Å²) >= 11 is 0. The van der Waals surface area contributed by atoms with E-state index in [-0.39, 0.29) is 5.91 Å². The number of aryl methyl sites for hydroxylation is 1. The van der Waals surface area contributed by atoms with Crippen LogP contribution in [-0.2, 0) is 6.61 Å². The van der Waals surface area contributed by atoms with Gasteiger partial charge in [0.05, 0.1) is 11.2 Å². The Labute approximate surface area is 163 Å². The standard InChI is InChI=1S/C24H20N2O2/c1-17-12-13-22(23(15-17)28-16-18-7-3-2-4-8-18)26-24(27)20-9-5-11-21-19(20)10-6-14-25-21/h2-15H,16H2,1H3,(H,26,27). The van der Waals surface area contributed by atoms with Crippen LogP contribution in [-0.4, -0.2) is 10.9 Å². The summed E-state index contributed by atoms with van der Waals surface area (Å²) in [5, 5.41) is 3.81. The van der Waals surface area contributed by atoms with E-state index in [2.05, 4.69) is 10.3 Å². The maximum absolute atomic E-state index is 12.9. The van der Waals surface area contributed by atoms with Gasteiger partial charge in [-0.2, -0.15) is 0 Å². The summed E-state index contributed by atoms with van der Waals surface area (Å²) in [6.07, 6.45) is 1.72. The number of hydrogen-bond donors (Lipinski definition) is 1. The molecule has 0 fully saturated rings. The highest BCUT2D eigenvalue weighted by Gasteiger charge is 2.13. The van der Waals surface area contributed by atoms with E-state index in [4.69, 9.17) is 4.74 Å². The molecule has 0 aliphatic carbocycles. The molecule has 1 aromatic heterocycles. The molecule has 28 heavy (non-hydrogen) atoms. The topological polar surface area (TPSA) is 51.2 Å². The number of rotatable bonds is 5. The predicted molar refractivity (Wildman–Crippen MR) is 112 cm³/mol. The number of benzene rings is 3. The van der Waals surface area contributed by atoms with Crippen molar-refractivity contribution in [3.63, 3.8) is 0 Å². The van der Waals surface area contributed by atoms with Crippen molar-refractivity contribution >= 4 is 22.5 Å². The van der Waals surface area contributed by atoms with E-state index in [0.717, 1.165) is 22.0 Å². The van der Waals surface area contributed by atoms with Crippen molar-refractivity contribution in [1.29, 1.82) is 0 Å². The average Bonchev–Trinajstić information content (AvgIpc) is 2.74. The fraction of sp³-hybridized carbons (Fsp3) is 0.0833. The summed E-state index contributed by atoms with van der Waals surface area (Å²) in [6.45, 7) is 2.43. The van der Waals surface area contributed by atoms with Crippen LogP contribution in [0.2, 0.25) is 0 Å². The van der Waals surface area contributed by atoms with E-state index in [0.29, 0.717) is 23.6 Å². The second-order valence-electron chi connectivity index (χ2n) is 6.60. The van der Waals surface area contributed by atoms with Crippen LogP contribution in [0.4, 0.5) is 5.69 Å². The van der Waals surface area contributed by atoms with Crippen LogP contribution in [0.5, 0.6) is 5.75 Å². The Morgan fingerprint density at radius 3 is 2.68 bits per heavy atom. The van der Waals surface area contributed by atoms with Gasteiger partial charge in [-0.25, -0.2) is 0 Å². The first-order valence-electron chi connectivity index (χ1n) is 9.13. The third-order valence-electron chi connectivity index (χ3n) is 4.51. The van der Waals surface area contributed by atoms with Crippen molar-refractivity contribution < 1.29 is 9.53 Å². The third-order valence-corrected chi connectivity index (χ3v) is 4.51. The van der Waals surface area contributed by atoms with Crippen LogP contribution in [0.3, 0.4) is 0 Å². The summed E-state index contributed by atoms with van der Waals surface area (Å²) in [6, 6.07) is 25.0. The molecule has 0 radical (unpaired) electrons. The number of pyridine rings is 1. The molecule has 138 valence electrons. The highest BCUT2D eigenvalue weighted by atomic mass is 16.5. The minimum absolute atomic E-state index is 0.188. The molecule has 4 aromatic rings. The minimum Gasteiger partial charge on any atom is -0.487 e. The van der Waals surface area contributed by atoms with Gasteiger partial charge in [0.1, 0.15) is 12.4 Å². The number of fused-ring (bicyclic) bond motifs is 1. The number of anilines is 1. The number of carbonyl (C=O) groups excluding carboxylic acids is 1. The van der Waals surface area contributed by atoms with E-state index < -0.39 is 0 Å². The quantitative estimate of drug-likeness (QED) is 0.515. The second-order valence-corrected chi connectivity index (χ2v) is 6.60. The predicted octanol–water partition coefficient (Wildman–Crippen LogP) is 5.37. The maximum atomic E-state index is 12.9. The number of hydrogen-bond acceptors (Lipinski definition) is 3. The lowest BCUT2D eigenvalue weighted by molar-refractivity contribution is 0.102. The van der Waals surface area contributed by atoms with Crippen LogP contribution < -0.4 is 10.1 Å². The molecule has 0 saturated carbocycles. The highest BCUT2D eigenvalue weighted by Crippen LogP contribution is 2.28. The molecule has 4 rings (SSSR count). The van der Waals surface area contributed by atoms with Crippen LogP contribution in [0, 0.1) is 6.92 Å². The van der Waals surface area contributed by atoms with E-state index >= 15 is 0 Å². The maximum Gasteiger partial charge on any atom is 0.256 e. The fourth-order valence-corrected chi connectivity index (χ4v) is 3.08. The lowest BCUT2D eigenvalue weighted by atomic mass is 10.1. The van der Waals surface area contributed by atoms with Gasteiger partial charge in [-0.1, -0.05) is 48.5 Å². The molecule has 0 bridgehead atoms. The zero-order valence-electron chi connectivity index (χ0n) is 15.6.